The molecule has 0 atom stereocenters. The standard InChI is InChI=1S/C16H15N3O2/c1-11-8-14-15(9-12(11)2)19(18-17-14)16(20)21-10-13-6-4-3-5-7-13/h3-9H,10H2,1-2H3. The number of hydrogen-bond acceptors (Lipinski definition) is 4. The van der Waals surface area contributed by atoms with Gasteiger partial charge in [0.15, 0.2) is 0 Å². The quantitative estimate of drug-likeness (QED) is 0.723. The molecule has 0 unspecified atom stereocenters. The maximum absolute atomic E-state index is 12.1. The summed E-state index contributed by atoms with van der Waals surface area (Å²) < 4.78 is 6.47. The average Bonchev–Trinajstić information content (AvgIpc) is 2.89. The molecule has 21 heavy (non-hydrogen) atoms. The molecular formula is C16H15N3O2. The smallest absolute Gasteiger partial charge is 0.437 e. The van der Waals surface area contributed by atoms with Gasteiger partial charge in [-0.05, 0) is 42.7 Å². The highest BCUT2D eigenvalue weighted by Crippen LogP contribution is 2.17. The van der Waals surface area contributed by atoms with Gasteiger partial charge in [-0.2, -0.15) is 0 Å². The van der Waals surface area contributed by atoms with Crippen LogP contribution in [0, 0.1) is 13.8 Å². The van der Waals surface area contributed by atoms with Gasteiger partial charge in [-0.3, -0.25) is 0 Å². The SMILES string of the molecule is Cc1cc2nnn(C(=O)OCc3ccccc3)c2cc1C. The number of nitrogens with zero attached hydrogens (tertiary/aromatic N) is 3. The number of rotatable bonds is 2. The van der Waals surface area contributed by atoms with E-state index in [2.05, 4.69) is 10.3 Å². The molecule has 0 spiro atoms. The molecule has 5 heteroatoms. The van der Waals surface area contributed by atoms with E-state index in [9.17, 15) is 4.79 Å². The molecule has 0 aliphatic rings. The number of aromatic nitrogens is 3. The van der Waals surface area contributed by atoms with Crippen molar-refractivity contribution >= 4 is 17.1 Å². The molecule has 0 bridgehead atoms. The van der Waals surface area contributed by atoms with Crippen molar-refractivity contribution in [3.05, 3.63) is 59.2 Å². The van der Waals surface area contributed by atoms with Crippen molar-refractivity contribution < 1.29 is 9.53 Å². The molecule has 2 aromatic carbocycles. The van der Waals surface area contributed by atoms with Gasteiger partial charge < -0.3 is 4.74 Å². The largest absolute Gasteiger partial charge is 0.443 e. The summed E-state index contributed by atoms with van der Waals surface area (Å²) in [4.78, 5) is 12.1. The van der Waals surface area contributed by atoms with E-state index in [1.165, 1.54) is 4.68 Å². The van der Waals surface area contributed by atoms with Crippen molar-refractivity contribution in [2.75, 3.05) is 0 Å². The van der Waals surface area contributed by atoms with E-state index in [4.69, 9.17) is 4.74 Å². The van der Waals surface area contributed by atoms with Crippen LogP contribution in [-0.2, 0) is 11.3 Å². The predicted octanol–water partition coefficient (Wildman–Crippen LogP) is 3.23. The Labute approximate surface area is 122 Å². The molecule has 0 saturated heterocycles. The maximum Gasteiger partial charge on any atom is 0.437 e. The van der Waals surface area contributed by atoms with Gasteiger partial charge in [-0.15, -0.1) is 9.78 Å². The molecule has 0 fully saturated rings. The second kappa shape index (κ2) is 5.36. The lowest BCUT2D eigenvalue weighted by Gasteiger charge is -2.05. The van der Waals surface area contributed by atoms with Crippen LogP contribution in [0.2, 0.25) is 0 Å². The summed E-state index contributed by atoms with van der Waals surface area (Å²) in [6.45, 7) is 4.20. The summed E-state index contributed by atoms with van der Waals surface area (Å²) in [7, 11) is 0. The van der Waals surface area contributed by atoms with E-state index in [0.717, 1.165) is 16.7 Å². The summed E-state index contributed by atoms with van der Waals surface area (Å²) in [5.74, 6) is 0. The van der Waals surface area contributed by atoms with Crippen LogP contribution in [0.3, 0.4) is 0 Å². The number of benzene rings is 2. The molecule has 3 aromatic rings. The van der Waals surface area contributed by atoms with Crippen LogP contribution in [0.5, 0.6) is 0 Å². The minimum absolute atomic E-state index is 0.214. The van der Waals surface area contributed by atoms with E-state index >= 15 is 0 Å². The van der Waals surface area contributed by atoms with Gasteiger partial charge in [0.25, 0.3) is 0 Å². The zero-order chi connectivity index (χ0) is 14.8. The second-order valence-electron chi connectivity index (χ2n) is 4.97. The summed E-state index contributed by atoms with van der Waals surface area (Å²) in [6, 6.07) is 13.3. The van der Waals surface area contributed by atoms with Gasteiger partial charge in [0.1, 0.15) is 17.6 Å². The molecule has 3 rings (SSSR count). The first-order chi connectivity index (χ1) is 10.1. The fourth-order valence-electron chi connectivity index (χ4n) is 2.09. The first-order valence-corrected chi connectivity index (χ1v) is 6.69. The van der Waals surface area contributed by atoms with E-state index in [1.54, 1.807) is 0 Å². The van der Waals surface area contributed by atoms with Gasteiger partial charge in [0.05, 0.1) is 0 Å². The number of hydrogen-bond donors (Lipinski definition) is 0. The van der Waals surface area contributed by atoms with E-state index in [-0.39, 0.29) is 6.61 Å². The third kappa shape index (κ3) is 2.63. The Hall–Kier alpha value is -2.69. The Morgan fingerprint density at radius 3 is 2.62 bits per heavy atom. The molecule has 5 nitrogen and oxygen atoms in total. The minimum Gasteiger partial charge on any atom is -0.443 e. The molecule has 0 aliphatic heterocycles. The average molecular weight is 281 g/mol. The van der Waals surface area contributed by atoms with Crippen molar-refractivity contribution in [2.24, 2.45) is 0 Å². The number of carbonyl (C=O) groups excluding carboxylic acids is 1. The summed E-state index contributed by atoms with van der Waals surface area (Å²) in [5, 5.41) is 7.89. The Morgan fingerprint density at radius 2 is 1.86 bits per heavy atom. The minimum atomic E-state index is -0.524. The molecule has 0 amide bonds. The van der Waals surface area contributed by atoms with Crippen molar-refractivity contribution in [1.29, 1.82) is 0 Å². The summed E-state index contributed by atoms with van der Waals surface area (Å²) in [6.07, 6.45) is -0.524. The fourth-order valence-corrected chi connectivity index (χ4v) is 2.09. The van der Waals surface area contributed by atoms with Gasteiger partial charge in [-0.1, -0.05) is 35.5 Å². The van der Waals surface area contributed by atoms with Gasteiger partial charge in [0, 0.05) is 0 Å². The molecule has 0 aliphatic carbocycles. The molecule has 0 saturated carbocycles. The molecule has 0 radical (unpaired) electrons. The molecule has 1 heterocycles. The maximum atomic E-state index is 12.1. The summed E-state index contributed by atoms with van der Waals surface area (Å²) in [5.41, 5.74) is 4.49. The van der Waals surface area contributed by atoms with Gasteiger partial charge >= 0.3 is 6.09 Å². The molecular weight excluding hydrogens is 266 g/mol. The van der Waals surface area contributed by atoms with Gasteiger partial charge in [0.2, 0.25) is 0 Å². The Morgan fingerprint density at radius 1 is 1.14 bits per heavy atom. The topological polar surface area (TPSA) is 57.0 Å². The lowest BCUT2D eigenvalue weighted by Crippen LogP contribution is -2.15. The van der Waals surface area contributed by atoms with Crippen LogP contribution in [0.25, 0.3) is 11.0 Å². The number of carbonyl (C=O) groups is 1. The van der Waals surface area contributed by atoms with Crippen LogP contribution in [0.15, 0.2) is 42.5 Å². The van der Waals surface area contributed by atoms with E-state index < -0.39 is 6.09 Å². The van der Waals surface area contributed by atoms with Crippen molar-refractivity contribution in [3.63, 3.8) is 0 Å². The van der Waals surface area contributed by atoms with Crippen LogP contribution < -0.4 is 0 Å². The number of fused-ring (bicyclic) bond motifs is 1. The second-order valence-corrected chi connectivity index (χ2v) is 4.97. The summed E-state index contributed by atoms with van der Waals surface area (Å²) >= 11 is 0. The monoisotopic (exact) mass is 281 g/mol. The van der Waals surface area contributed by atoms with Crippen molar-refractivity contribution in [3.8, 4) is 0 Å². The first kappa shape index (κ1) is 13.3. The van der Waals surface area contributed by atoms with Crippen LogP contribution in [0.1, 0.15) is 16.7 Å². The highest BCUT2D eigenvalue weighted by Gasteiger charge is 2.14. The lowest BCUT2D eigenvalue weighted by molar-refractivity contribution is 0.138. The van der Waals surface area contributed by atoms with E-state index in [1.807, 2.05) is 56.3 Å². The van der Waals surface area contributed by atoms with Crippen LogP contribution in [-0.4, -0.2) is 21.1 Å². The van der Waals surface area contributed by atoms with Crippen LogP contribution in [0.4, 0.5) is 4.79 Å². The highest BCUT2D eigenvalue weighted by atomic mass is 16.6. The Kier molecular flexibility index (Phi) is 3.39. The Balaban J connectivity index is 1.83. The highest BCUT2D eigenvalue weighted by molar-refractivity contribution is 5.85. The van der Waals surface area contributed by atoms with Crippen molar-refractivity contribution in [1.82, 2.24) is 15.0 Å². The van der Waals surface area contributed by atoms with E-state index in [0.29, 0.717) is 11.0 Å². The molecule has 1 aromatic heterocycles. The van der Waals surface area contributed by atoms with Crippen LogP contribution >= 0.6 is 0 Å². The van der Waals surface area contributed by atoms with Crippen molar-refractivity contribution in [2.45, 2.75) is 20.5 Å². The van der Waals surface area contributed by atoms with Gasteiger partial charge in [-0.25, -0.2) is 4.79 Å². The third-order valence-corrected chi connectivity index (χ3v) is 3.44. The molecule has 0 N–H and O–H groups in total. The number of aryl methyl sites for hydroxylation is 2. The lowest BCUT2D eigenvalue weighted by atomic mass is 10.1. The zero-order valence-corrected chi connectivity index (χ0v) is 11.9. The number of ether oxygens (including phenoxy) is 1. The zero-order valence-electron chi connectivity index (χ0n) is 11.9. The Bertz CT molecular complexity index is 794. The predicted molar refractivity (Wildman–Crippen MR) is 79.0 cm³/mol. The molecule has 106 valence electrons. The first-order valence-electron chi connectivity index (χ1n) is 6.69. The fraction of sp³-hybridized carbons (Fsp3) is 0.188. The normalized spacial score (nSPS) is 10.8. The third-order valence-electron chi connectivity index (χ3n) is 3.44.